The molecule has 1 aliphatic heterocycles. The number of hydrogen-bond donors (Lipinski definition) is 0. The van der Waals surface area contributed by atoms with E-state index in [4.69, 9.17) is 4.52 Å². The lowest BCUT2D eigenvalue weighted by atomic mass is 10.1. The van der Waals surface area contributed by atoms with Crippen LogP contribution in [0.5, 0.6) is 0 Å². The summed E-state index contributed by atoms with van der Waals surface area (Å²) in [7, 11) is 0. The second kappa shape index (κ2) is 7.22. The zero-order chi connectivity index (χ0) is 17.2. The van der Waals surface area contributed by atoms with Crippen molar-refractivity contribution in [1.82, 2.24) is 19.9 Å². The number of aromatic nitrogens is 2. The molecule has 0 amide bonds. The quantitative estimate of drug-likeness (QED) is 0.832. The molecule has 1 saturated heterocycles. The maximum Gasteiger partial charge on any atom is 0.229 e. The van der Waals surface area contributed by atoms with Crippen LogP contribution >= 0.6 is 0 Å². The fourth-order valence-corrected chi connectivity index (χ4v) is 3.54. The average Bonchev–Trinajstić information content (AvgIpc) is 3.39. The predicted octanol–water partition coefficient (Wildman–Crippen LogP) is 3.36. The maximum absolute atomic E-state index is 13.5. The molecule has 6 heteroatoms. The van der Waals surface area contributed by atoms with E-state index in [0.29, 0.717) is 5.92 Å². The first-order valence-corrected chi connectivity index (χ1v) is 9.23. The monoisotopic (exact) mass is 344 g/mol. The van der Waals surface area contributed by atoms with Crippen molar-refractivity contribution in [2.45, 2.75) is 44.7 Å². The van der Waals surface area contributed by atoms with Crippen molar-refractivity contribution in [2.75, 3.05) is 26.2 Å². The molecule has 5 nitrogen and oxygen atoms in total. The minimum Gasteiger partial charge on any atom is -0.339 e. The van der Waals surface area contributed by atoms with E-state index in [-0.39, 0.29) is 11.9 Å². The number of benzene rings is 1. The van der Waals surface area contributed by atoms with E-state index in [9.17, 15) is 4.39 Å². The molecular formula is C19H25FN4O. The van der Waals surface area contributed by atoms with Gasteiger partial charge in [0.25, 0.3) is 0 Å². The summed E-state index contributed by atoms with van der Waals surface area (Å²) in [4.78, 5) is 9.35. The standard InChI is InChI=1S/C19H25FN4O/c1-14(16-4-2-5-17(20)12-16)24-9-3-8-23(10-11-24)13-18-21-19(25-22-18)15-6-7-15/h2,4-5,12,14-15H,3,6-11,13H2,1H3. The van der Waals surface area contributed by atoms with Crippen LogP contribution in [0.3, 0.4) is 0 Å². The lowest BCUT2D eigenvalue weighted by molar-refractivity contribution is 0.206. The van der Waals surface area contributed by atoms with Crippen molar-refractivity contribution in [3.8, 4) is 0 Å². The molecule has 0 N–H and O–H groups in total. The smallest absolute Gasteiger partial charge is 0.229 e. The van der Waals surface area contributed by atoms with E-state index in [1.54, 1.807) is 12.1 Å². The Hall–Kier alpha value is -1.79. The molecule has 134 valence electrons. The van der Waals surface area contributed by atoms with Gasteiger partial charge in [0, 0.05) is 31.6 Å². The minimum atomic E-state index is -0.163. The Morgan fingerprint density at radius 3 is 2.92 bits per heavy atom. The number of nitrogens with zero attached hydrogens (tertiary/aromatic N) is 4. The summed E-state index contributed by atoms with van der Waals surface area (Å²) in [6, 6.07) is 7.17. The number of hydrogen-bond acceptors (Lipinski definition) is 5. The predicted molar refractivity (Wildman–Crippen MR) is 92.6 cm³/mol. The lowest BCUT2D eigenvalue weighted by Crippen LogP contribution is -2.32. The van der Waals surface area contributed by atoms with Gasteiger partial charge in [-0.2, -0.15) is 4.98 Å². The van der Waals surface area contributed by atoms with E-state index in [1.807, 2.05) is 6.07 Å². The van der Waals surface area contributed by atoms with Gasteiger partial charge in [0.15, 0.2) is 5.82 Å². The summed E-state index contributed by atoms with van der Waals surface area (Å²) >= 11 is 0. The Labute approximate surface area is 147 Å². The van der Waals surface area contributed by atoms with Gasteiger partial charge in [-0.25, -0.2) is 4.39 Å². The normalized spacial score (nSPS) is 21.2. The van der Waals surface area contributed by atoms with Gasteiger partial charge in [0.2, 0.25) is 5.89 Å². The molecule has 1 unspecified atom stereocenters. The van der Waals surface area contributed by atoms with Crippen molar-refractivity contribution >= 4 is 0 Å². The third-order valence-corrected chi connectivity index (χ3v) is 5.28. The Balaban J connectivity index is 1.34. The summed E-state index contributed by atoms with van der Waals surface area (Å²) in [6.07, 6.45) is 3.45. The van der Waals surface area contributed by atoms with Gasteiger partial charge in [0.1, 0.15) is 5.82 Å². The SMILES string of the molecule is CC(c1cccc(F)c1)N1CCCN(Cc2noc(C3CC3)n2)CC1. The van der Waals surface area contributed by atoms with Crippen LogP contribution in [0, 0.1) is 5.82 Å². The van der Waals surface area contributed by atoms with Crippen LogP contribution in [-0.2, 0) is 6.54 Å². The minimum absolute atomic E-state index is 0.163. The molecule has 2 heterocycles. The van der Waals surface area contributed by atoms with Crippen LogP contribution in [0.1, 0.15) is 55.4 Å². The van der Waals surface area contributed by atoms with Crippen LogP contribution in [0.4, 0.5) is 4.39 Å². The first-order valence-electron chi connectivity index (χ1n) is 9.23. The Kier molecular flexibility index (Phi) is 4.81. The number of rotatable bonds is 5. The summed E-state index contributed by atoms with van der Waals surface area (Å²) in [5.41, 5.74) is 1.04. The summed E-state index contributed by atoms with van der Waals surface area (Å²) in [5, 5.41) is 4.13. The molecule has 2 aromatic rings. The van der Waals surface area contributed by atoms with Gasteiger partial charge in [-0.3, -0.25) is 9.80 Å². The van der Waals surface area contributed by atoms with Crippen molar-refractivity contribution in [3.05, 3.63) is 47.4 Å². The van der Waals surface area contributed by atoms with Gasteiger partial charge in [-0.15, -0.1) is 0 Å². The zero-order valence-electron chi connectivity index (χ0n) is 14.7. The van der Waals surface area contributed by atoms with Gasteiger partial charge in [0.05, 0.1) is 6.54 Å². The fraction of sp³-hybridized carbons (Fsp3) is 0.579. The number of halogens is 1. The first kappa shape index (κ1) is 16.7. The Morgan fingerprint density at radius 1 is 1.24 bits per heavy atom. The van der Waals surface area contributed by atoms with E-state index in [0.717, 1.165) is 56.4 Å². The molecule has 0 radical (unpaired) electrons. The lowest BCUT2D eigenvalue weighted by Gasteiger charge is -2.28. The highest BCUT2D eigenvalue weighted by molar-refractivity contribution is 5.19. The van der Waals surface area contributed by atoms with E-state index in [2.05, 4.69) is 26.9 Å². The zero-order valence-corrected chi connectivity index (χ0v) is 14.7. The molecule has 1 aliphatic carbocycles. The molecule has 1 atom stereocenters. The summed E-state index contributed by atoms with van der Waals surface area (Å²) in [6.45, 7) is 6.88. The average molecular weight is 344 g/mol. The highest BCUT2D eigenvalue weighted by Crippen LogP contribution is 2.38. The largest absolute Gasteiger partial charge is 0.339 e. The van der Waals surface area contributed by atoms with E-state index >= 15 is 0 Å². The van der Waals surface area contributed by atoms with Crippen LogP contribution < -0.4 is 0 Å². The third kappa shape index (κ3) is 4.07. The molecule has 4 rings (SSSR count). The van der Waals surface area contributed by atoms with Gasteiger partial charge < -0.3 is 4.52 Å². The fourth-order valence-electron chi connectivity index (χ4n) is 3.54. The maximum atomic E-state index is 13.5. The molecular weight excluding hydrogens is 319 g/mol. The van der Waals surface area contributed by atoms with Crippen molar-refractivity contribution in [3.63, 3.8) is 0 Å². The molecule has 1 aromatic heterocycles. The highest BCUT2D eigenvalue weighted by Gasteiger charge is 2.30. The van der Waals surface area contributed by atoms with Gasteiger partial charge >= 0.3 is 0 Å². The molecule has 2 aliphatic rings. The molecule has 0 spiro atoms. The Morgan fingerprint density at radius 2 is 2.12 bits per heavy atom. The summed E-state index contributed by atoms with van der Waals surface area (Å²) in [5.74, 6) is 1.96. The molecule has 2 fully saturated rings. The van der Waals surface area contributed by atoms with Crippen LogP contribution in [0.2, 0.25) is 0 Å². The van der Waals surface area contributed by atoms with E-state index < -0.39 is 0 Å². The van der Waals surface area contributed by atoms with Crippen molar-refractivity contribution in [2.24, 2.45) is 0 Å². The molecule has 25 heavy (non-hydrogen) atoms. The molecule has 1 saturated carbocycles. The Bertz CT molecular complexity index is 715. The second-order valence-electron chi connectivity index (χ2n) is 7.22. The molecule has 1 aromatic carbocycles. The van der Waals surface area contributed by atoms with Crippen LogP contribution in [0.25, 0.3) is 0 Å². The third-order valence-electron chi connectivity index (χ3n) is 5.28. The van der Waals surface area contributed by atoms with Gasteiger partial charge in [-0.05, 0) is 50.4 Å². The van der Waals surface area contributed by atoms with Gasteiger partial charge in [-0.1, -0.05) is 17.3 Å². The summed E-state index contributed by atoms with van der Waals surface area (Å²) < 4.78 is 18.8. The molecule has 0 bridgehead atoms. The highest BCUT2D eigenvalue weighted by atomic mass is 19.1. The van der Waals surface area contributed by atoms with Crippen LogP contribution in [0.15, 0.2) is 28.8 Å². The van der Waals surface area contributed by atoms with Crippen molar-refractivity contribution < 1.29 is 8.91 Å². The topological polar surface area (TPSA) is 45.4 Å². The second-order valence-corrected chi connectivity index (χ2v) is 7.22. The van der Waals surface area contributed by atoms with Crippen LogP contribution in [-0.4, -0.2) is 46.1 Å². The van der Waals surface area contributed by atoms with Crippen molar-refractivity contribution in [1.29, 1.82) is 0 Å². The first-order chi connectivity index (χ1) is 12.2. The van der Waals surface area contributed by atoms with E-state index in [1.165, 1.54) is 18.9 Å².